The predicted molar refractivity (Wildman–Crippen MR) is 93.9 cm³/mol. The van der Waals surface area contributed by atoms with Crippen LogP contribution in [0.5, 0.6) is 0 Å². The molecule has 6 nitrogen and oxygen atoms in total. The van der Waals surface area contributed by atoms with E-state index in [9.17, 15) is 9.59 Å². The lowest BCUT2D eigenvalue weighted by molar-refractivity contribution is -0.127. The molecule has 0 unspecified atom stereocenters. The Balaban J connectivity index is 1.46. The molecule has 0 bridgehead atoms. The zero-order valence-electron chi connectivity index (χ0n) is 14.2. The van der Waals surface area contributed by atoms with Gasteiger partial charge >= 0.3 is 6.03 Å². The Morgan fingerprint density at radius 1 is 1.38 bits per heavy atom. The maximum absolute atomic E-state index is 12.0. The highest BCUT2D eigenvalue weighted by atomic mass is 16.2. The van der Waals surface area contributed by atoms with E-state index in [0.29, 0.717) is 13.1 Å². The largest absolute Gasteiger partial charge is 0.361 e. The Bertz CT molecular complexity index is 753. The first-order valence-corrected chi connectivity index (χ1v) is 8.39. The standard InChI is InChI=1S/C18H24N4O2/c1-12-3-4-16-14(10-20-17(16)9-12)5-7-19-18(24)21-15-6-8-22(11-15)13(2)23/h3-4,9-10,15,20H,5-8,11H2,1-2H3,(H2,19,21,24)/t15-/m1/s1. The van der Waals surface area contributed by atoms with Crippen molar-refractivity contribution >= 4 is 22.8 Å². The van der Waals surface area contributed by atoms with Crippen molar-refractivity contribution in [1.29, 1.82) is 0 Å². The second kappa shape index (κ2) is 6.95. The summed E-state index contributed by atoms with van der Waals surface area (Å²) in [5, 5.41) is 7.04. The number of H-pyrrole nitrogens is 1. The van der Waals surface area contributed by atoms with Gasteiger partial charge in [0.05, 0.1) is 0 Å². The Hall–Kier alpha value is -2.50. The molecule has 0 saturated carbocycles. The van der Waals surface area contributed by atoms with E-state index in [1.54, 1.807) is 11.8 Å². The lowest BCUT2D eigenvalue weighted by Gasteiger charge is -2.15. The van der Waals surface area contributed by atoms with E-state index in [1.807, 2.05) is 6.20 Å². The van der Waals surface area contributed by atoms with Crippen LogP contribution in [0.15, 0.2) is 24.4 Å². The molecule has 24 heavy (non-hydrogen) atoms. The summed E-state index contributed by atoms with van der Waals surface area (Å²) in [6, 6.07) is 6.22. The fraction of sp³-hybridized carbons (Fsp3) is 0.444. The molecule has 6 heteroatoms. The Morgan fingerprint density at radius 3 is 2.96 bits per heavy atom. The number of aromatic amines is 1. The van der Waals surface area contributed by atoms with E-state index in [4.69, 9.17) is 0 Å². The number of fused-ring (bicyclic) bond motifs is 1. The Morgan fingerprint density at radius 2 is 2.21 bits per heavy atom. The van der Waals surface area contributed by atoms with Gasteiger partial charge in [0.1, 0.15) is 0 Å². The van der Waals surface area contributed by atoms with E-state index in [1.165, 1.54) is 16.5 Å². The molecular weight excluding hydrogens is 304 g/mol. The fourth-order valence-electron chi connectivity index (χ4n) is 3.22. The Labute approximate surface area is 141 Å². The molecule has 0 aliphatic carbocycles. The van der Waals surface area contributed by atoms with E-state index in [-0.39, 0.29) is 18.0 Å². The van der Waals surface area contributed by atoms with Crippen molar-refractivity contribution < 1.29 is 9.59 Å². The van der Waals surface area contributed by atoms with Gasteiger partial charge in [0.2, 0.25) is 5.91 Å². The van der Waals surface area contributed by atoms with Gasteiger partial charge in [-0.1, -0.05) is 12.1 Å². The van der Waals surface area contributed by atoms with E-state index in [2.05, 4.69) is 40.7 Å². The van der Waals surface area contributed by atoms with Crippen LogP contribution in [0.4, 0.5) is 4.79 Å². The van der Waals surface area contributed by atoms with Crippen LogP contribution in [0, 0.1) is 6.92 Å². The second-order valence-electron chi connectivity index (χ2n) is 6.46. The quantitative estimate of drug-likeness (QED) is 0.802. The lowest BCUT2D eigenvalue weighted by Crippen LogP contribution is -2.44. The van der Waals surface area contributed by atoms with Crippen LogP contribution in [0.25, 0.3) is 10.9 Å². The summed E-state index contributed by atoms with van der Waals surface area (Å²) in [6.07, 6.45) is 3.60. The van der Waals surface area contributed by atoms with Crippen LogP contribution in [0.3, 0.4) is 0 Å². The molecule has 1 aliphatic rings. The highest BCUT2D eigenvalue weighted by Crippen LogP contribution is 2.19. The van der Waals surface area contributed by atoms with Crippen molar-refractivity contribution in [3.63, 3.8) is 0 Å². The summed E-state index contributed by atoms with van der Waals surface area (Å²) in [5.41, 5.74) is 3.56. The summed E-state index contributed by atoms with van der Waals surface area (Å²) >= 11 is 0. The maximum Gasteiger partial charge on any atom is 0.315 e. The minimum Gasteiger partial charge on any atom is -0.361 e. The molecular formula is C18H24N4O2. The highest BCUT2D eigenvalue weighted by Gasteiger charge is 2.25. The molecule has 1 aliphatic heterocycles. The molecule has 1 aromatic carbocycles. The Kier molecular flexibility index (Phi) is 4.74. The fourth-order valence-corrected chi connectivity index (χ4v) is 3.22. The minimum absolute atomic E-state index is 0.0463. The number of benzene rings is 1. The number of nitrogens with zero attached hydrogens (tertiary/aromatic N) is 1. The first kappa shape index (κ1) is 16.4. The number of urea groups is 1. The first-order valence-electron chi connectivity index (χ1n) is 8.39. The number of aryl methyl sites for hydroxylation is 1. The first-order chi connectivity index (χ1) is 11.5. The number of hydrogen-bond acceptors (Lipinski definition) is 2. The second-order valence-corrected chi connectivity index (χ2v) is 6.46. The van der Waals surface area contributed by atoms with Gasteiger partial charge in [-0.15, -0.1) is 0 Å². The lowest BCUT2D eigenvalue weighted by atomic mass is 10.1. The van der Waals surface area contributed by atoms with Crippen molar-refractivity contribution in [3.8, 4) is 0 Å². The summed E-state index contributed by atoms with van der Waals surface area (Å²) in [4.78, 5) is 28.3. The molecule has 1 fully saturated rings. The minimum atomic E-state index is -0.166. The number of nitrogens with one attached hydrogen (secondary N) is 3. The van der Waals surface area contributed by atoms with E-state index >= 15 is 0 Å². The van der Waals surface area contributed by atoms with E-state index < -0.39 is 0 Å². The third kappa shape index (κ3) is 3.69. The van der Waals surface area contributed by atoms with Gasteiger partial charge in [0, 0.05) is 49.7 Å². The summed E-state index contributed by atoms with van der Waals surface area (Å²) in [7, 11) is 0. The van der Waals surface area contributed by atoms with Gasteiger partial charge in [-0.3, -0.25) is 4.79 Å². The van der Waals surface area contributed by atoms with Crippen molar-refractivity contribution in [2.75, 3.05) is 19.6 Å². The predicted octanol–water partition coefficient (Wildman–Crippen LogP) is 1.94. The molecule has 1 saturated heterocycles. The molecule has 0 spiro atoms. The van der Waals surface area contributed by atoms with Gasteiger partial charge in [0.15, 0.2) is 0 Å². The third-order valence-corrected chi connectivity index (χ3v) is 4.57. The number of aromatic nitrogens is 1. The smallest absolute Gasteiger partial charge is 0.315 e. The number of carbonyl (C=O) groups excluding carboxylic acids is 2. The SMILES string of the molecule is CC(=O)N1CC[C@@H](NC(=O)NCCc2c[nH]c3cc(C)ccc23)C1. The number of carbonyl (C=O) groups is 2. The van der Waals surface area contributed by atoms with Gasteiger partial charge in [-0.05, 0) is 37.0 Å². The van der Waals surface area contributed by atoms with Gasteiger partial charge in [0.25, 0.3) is 0 Å². The molecule has 1 aromatic heterocycles. The van der Waals surface area contributed by atoms with Crippen LogP contribution in [-0.2, 0) is 11.2 Å². The normalized spacial score (nSPS) is 17.2. The van der Waals surface area contributed by atoms with Crippen molar-refractivity contribution in [2.45, 2.75) is 32.7 Å². The molecule has 2 heterocycles. The average Bonchev–Trinajstić information content (AvgIpc) is 3.14. The van der Waals surface area contributed by atoms with Crippen LogP contribution in [0.1, 0.15) is 24.5 Å². The number of amides is 3. The highest BCUT2D eigenvalue weighted by molar-refractivity contribution is 5.84. The summed E-state index contributed by atoms with van der Waals surface area (Å²) < 4.78 is 0. The monoisotopic (exact) mass is 328 g/mol. The zero-order valence-corrected chi connectivity index (χ0v) is 14.2. The number of likely N-dealkylation sites (tertiary alicyclic amines) is 1. The molecule has 2 aromatic rings. The molecule has 3 rings (SSSR count). The molecule has 0 radical (unpaired) electrons. The van der Waals surface area contributed by atoms with Gasteiger partial charge < -0.3 is 20.5 Å². The molecule has 1 atom stereocenters. The van der Waals surface area contributed by atoms with Gasteiger partial charge in [-0.2, -0.15) is 0 Å². The van der Waals surface area contributed by atoms with Crippen molar-refractivity contribution in [3.05, 3.63) is 35.5 Å². The van der Waals surface area contributed by atoms with Crippen LogP contribution in [-0.4, -0.2) is 47.5 Å². The molecule has 3 N–H and O–H groups in total. The van der Waals surface area contributed by atoms with Crippen LogP contribution >= 0.6 is 0 Å². The van der Waals surface area contributed by atoms with Crippen molar-refractivity contribution in [2.24, 2.45) is 0 Å². The van der Waals surface area contributed by atoms with E-state index in [0.717, 1.165) is 24.9 Å². The van der Waals surface area contributed by atoms with Gasteiger partial charge in [-0.25, -0.2) is 4.79 Å². The molecule has 3 amide bonds. The maximum atomic E-state index is 12.0. The van der Waals surface area contributed by atoms with Crippen LogP contribution < -0.4 is 10.6 Å². The summed E-state index contributed by atoms with van der Waals surface area (Å²) in [5.74, 6) is 0.0641. The third-order valence-electron chi connectivity index (χ3n) is 4.57. The topological polar surface area (TPSA) is 77.2 Å². The molecule has 128 valence electrons. The number of hydrogen-bond donors (Lipinski definition) is 3. The van der Waals surface area contributed by atoms with Crippen LogP contribution in [0.2, 0.25) is 0 Å². The number of rotatable bonds is 4. The zero-order chi connectivity index (χ0) is 17.1. The summed E-state index contributed by atoms with van der Waals surface area (Å²) in [6.45, 7) is 5.53. The van der Waals surface area contributed by atoms with Crippen molar-refractivity contribution in [1.82, 2.24) is 20.5 Å². The average molecular weight is 328 g/mol.